The molecule has 1 aliphatic heterocycles. The third-order valence-corrected chi connectivity index (χ3v) is 4.61. The summed E-state index contributed by atoms with van der Waals surface area (Å²) in [4.78, 5) is 14.5. The Morgan fingerprint density at radius 1 is 1.29 bits per heavy atom. The maximum atomic E-state index is 12.5. The zero-order valence-corrected chi connectivity index (χ0v) is 13.1. The summed E-state index contributed by atoms with van der Waals surface area (Å²) in [6.07, 6.45) is 2.28. The van der Waals surface area contributed by atoms with Crippen LogP contribution in [0.3, 0.4) is 0 Å². The standard InChI is InChI=1S/C16H22N2O2.ClH/c1-2-20-13-6-3-11(4-7-13)16(19)18-9-12-5-8-15(17)14(12)10-18;/h3-4,6-7,12,14-15H,2,5,8-10,17H2,1H3;1H. The molecule has 0 bridgehead atoms. The zero-order valence-electron chi connectivity index (χ0n) is 12.3. The Balaban J connectivity index is 0.00000161. The number of carbonyl (C=O) groups excluding carboxylic acids is 1. The lowest BCUT2D eigenvalue weighted by molar-refractivity contribution is 0.0779. The molecule has 1 saturated heterocycles. The van der Waals surface area contributed by atoms with Crippen LogP contribution in [0.5, 0.6) is 5.75 Å². The molecular formula is C16H23ClN2O2. The number of hydrogen-bond acceptors (Lipinski definition) is 3. The highest BCUT2D eigenvalue weighted by Crippen LogP contribution is 2.37. The number of hydrogen-bond donors (Lipinski definition) is 1. The highest BCUT2D eigenvalue weighted by molar-refractivity contribution is 5.94. The molecule has 3 unspecified atom stereocenters. The Kier molecular flexibility index (Phi) is 5.12. The van der Waals surface area contributed by atoms with Crippen LogP contribution in [0.4, 0.5) is 0 Å². The van der Waals surface area contributed by atoms with Crippen LogP contribution in [-0.2, 0) is 0 Å². The Labute approximate surface area is 132 Å². The topological polar surface area (TPSA) is 55.6 Å². The molecule has 0 radical (unpaired) electrons. The molecule has 2 fully saturated rings. The Morgan fingerprint density at radius 2 is 2.00 bits per heavy atom. The van der Waals surface area contributed by atoms with Crippen molar-refractivity contribution in [3.8, 4) is 5.75 Å². The molecule has 5 heteroatoms. The van der Waals surface area contributed by atoms with Gasteiger partial charge >= 0.3 is 0 Å². The van der Waals surface area contributed by atoms with Crippen LogP contribution in [0, 0.1) is 11.8 Å². The molecule has 0 aromatic heterocycles. The summed E-state index contributed by atoms with van der Waals surface area (Å²) < 4.78 is 5.40. The van der Waals surface area contributed by atoms with Crippen molar-refractivity contribution in [2.75, 3.05) is 19.7 Å². The second-order valence-electron chi connectivity index (χ2n) is 5.83. The summed E-state index contributed by atoms with van der Waals surface area (Å²) in [6.45, 7) is 4.27. The van der Waals surface area contributed by atoms with Crippen molar-refractivity contribution in [3.05, 3.63) is 29.8 Å². The van der Waals surface area contributed by atoms with Gasteiger partial charge in [-0.15, -0.1) is 12.4 Å². The number of halogens is 1. The molecule has 0 spiro atoms. The fourth-order valence-electron chi connectivity index (χ4n) is 3.52. The molecule has 1 aliphatic carbocycles. The molecule has 2 aliphatic rings. The minimum Gasteiger partial charge on any atom is -0.494 e. The number of nitrogens with two attached hydrogens (primary N) is 1. The second kappa shape index (κ2) is 6.67. The molecule has 116 valence electrons. The SMILES string of the molecule is CCOc1ccc(C(=O)N2CC3CCC(N)C3C2)cc1.Cl. The van der Waals surface area contributed by atoms with E-state index in [0.29, 0.717) is 18.4 Å². The van der Waals surface area contributed by atoms with E-state index in [1.54, 1.807) is 0 Å². The highest BCUT2D eigenvalue weighted by Gasteiger charge is 2.42. The van der Waals surface area contributed by atoms with Crippen molar-refractivity contribution in [2.45, 2.75) is 25.8 Å². The number of rotatable bonds is 3. The van der Waals surface area contributed by atoms with Crippen LogP contribution in [0.15, 0.2) is 24.3 Å². The number of nitrogens with zero attached hydrogens (tertiary/aromatic N) is 1. The molecule has 1 amide bonds. The first-order valence-corrected chi connectivity index (χ1v) is 7.46. The average molecular weight is 311 g/mol. The average Bonchev–Trinajstić information content (AvgIpc) is 3.02. The predicted molar refractivity (Wildman–Crippen MR) is 85.0 cm³/mol. The van der Waals surface area contributed by atoms with Gasteiger partial charge in [-0.2, -0.15) is 0 Å². The van der Waals surface area contributed by atoms with Crippen LogP contribution < -0.4 is 10.5 Å². The fraction of sp³-hybridized carbons (Fsp3) is 0.562. The minimum absolute atomic E-state index is 0. The Morgan fingerprint density at radius 3 is 2.62 bits per heavy atom. The fourth-order valence-corrected chi connectivity index (χ4v) is 3.52. The van der Waals surface area contributed by atoms with Gasteiger partial charge in [0.25, 0.3) is 5.91 Å². The second-order valence-corrected chi connectivity index (χ2v) is 5.83. The summed E-state index contributed by atoms with van der Waals surface area (Å²) >= 11 is 0. The van der Waals surface area contributed by atoms with E-state index in [0.717, 1.165) is 30.8 Å². The van der Waals surface area contributed by atoms with E-state index >= 15 is 0 Å². The van der Waals surface area contributed by atoms with Crippen LogP contribution in [0.2, 0.25) is 0 Å². The number of carbonyl (C=O) groups is 1. The Bertz CT molecular complexity index is 492. The predicted octanol–water partition coefficient (Wildman–Crippen LogP) is 2.32. The summed E-state index contributed by atoms with van der Waals surface area (Å²) in [5, 5.41) is 0. The largest absolute Gasteiger partial charge is 0.494 e. The van der Waals surface area contributed by atoms with E-state index in [-0.39, 0.29) is 24.4 Å². The lowest BCUT2D eigenvalue weighted by Gasteiger charge is -2.19. The van der Waals surface area contributed by atoms with Crippen molar-refractivity contribution in [1.82, 2.24) is 4.90 Å². The maximum Gasteiger partial charge on any atom is 0.253 e. The number of benzene rings is 1. The molecular weight excluding hydrogens is 288 g/mol. The summed E-state index contributed by atoms with van der Waals surface area (Å²) in [5.41, 5.74) is 6.86. The maximum absolute atomic E-state index is 12.5. The normalized spacial score (nSPS) is 27.1. The van der Waals surface area contributed by atoms with Gasteiger partial charge in [-0.3, -0.25) is 4.79 Å². The van der Waals surface area contributed by atoms with Crippen LogP contribution in [0.25, 0.3) is 0 Å². The summed E-state index contributed by atoms with van der Waals surface area (Å²) in [6, 6.07) is 7.69. The third-order valence-electron chi connectivity index (χ3n) is 4.61. The molecule has 1 saturated carbocycles. The van der Waals surface area contributed by atoms with Gasteiger partial charge in [0.05, 0.1) is 6.61 Å². The number of ether oxygens (including phenoxy) is 1. The van der Waals surface area contributed by atoms with Gasteiger partial charge in [0.15, 0.2) is 0 Å². The molecule has 1 aromatic rings. The summed E-state index contributed by atoms with van der Waals surface area (Å²) in [7, 11) is 0. The molecule has 1 aromatic carbocycles. The molecule has 3 atom stereocenters. The van der Waals surface area contributed by atoms with Gasteiger partial charge in [0.1, 0.15) is 5.75 Å². The first-order valence-electron chi connectivity index (χ1n) is 7.46. The van der Waals surface area contributed by atoms with Gasteiger partial charge in [-0.05, 0) is 55.9 Å². The Hall–Kier alpha value is -1.26. The van der Waals surface area contributed by atoms with Crippen molar-refractivity contribution in [3.63, 3.8) is 0 Å². The van der Waals surface area contributed by atoms with Gasteiger partial charge in [0.2, 0.25) is 0 Å². The molecule has 4 nitrogen and oxygen atoms in total. The monoisotopic (exact) mass is 310 g/mol. The van der Waals surface area contributed by atoms with E-state index in [2.05, 4.69) is 0 Å². The van der Waals surface area contributed by atoms with E-state index in [4.69, 9.17) is 10.5 Å². The molecule has 2 N–H and O–H groups in total. The lowest BCUT2D eigenvalue weighted by atomic mass is 9.98. The quantitative estimate of drug-likeness (QED) is 0.932. The third kappa shape index (κ3) is 3.16. The first kappa shape index (κ1) is 16.1. The lowest BCUT2D eigenvalue weighted by Crippen LogP contribution is -2.33. The van der Waals surface area contributed by atoms with Crippen LogP contribution >= 0.6 is 12.4 Å². The van der Waals surface area contributed by atoms with E-state index in [1.165, 1.54) is 6.42 Å². The van der Waals surface area contributed by atoms with Gasteiger partial charge < -0.3 is 15.4 Å². The van der Waals surface area contributed by atoms with Crippen molar-refractivity contribution < 1.29 is 9.53 Å². The zero-order chi connectivity index (χ0) is 14.1. The summed E-state index contributed by atoms with van der Waals surface area (Å²) in [5.74, 6) is 2.04. The highest BCUT2D eigenvalue weighted by atomic mass is 35.5. The van der Waals surface area contributed by atoms with E-state index in [9.17, 15) is 4.79 Å². The molecule has 3 rings (SSSR count). The number of likely N-dealkylation sites (tertiary alicyclic amines) is 1. The van der Waals surface area contributed by atoms with Crippen LogP contribution in [-0.4, -0.2) is 36.5 Å². The molecule has 1 heterocycles. The molecule has 21 heavy (non-hydrogen) atoms. The van der Waals surface area contributed by atoms with Gasteiger partial charge in [-0.1, -0.05) is 0 Å². The minimum atomic E-state index is 0. The van der Waals surface area contributed by atoms with Gasteiger partial charge in [-0.25, -0.2) is 0 Å². The first-order chi connectivity index (χ1) is 9.69. The number of fused-ring (bicyclic) bond motifs is 1. The van der Waals surface area contributed by atoms with E-state index < -0.39 is 0 Å². The van der Waals surface area contributed by atoms with Crippen molar-refractivity contribution in [1.29, 1.82) is 0 Å². The smallest absolute Gasteiger partial charge is 0.253 e. The van der Waals surface area contributed by atoms with Crippen LogP contribution in [0.1, 0.15) is 30.1 Å². The number of amides is 1. The van der Waals surface area contributed by atoms with E-state index in [1.807, 2.05) is 36.1 Å². The van der Waals surface area contributed by atoms with Crippen molar-refractivity contribution >= 4 is 18.3 Å². The van der Waals surface area contributed by atoms with Gasteiger partial charge in [0, 0.05) is 24.7 Å². The van der Waals surface area contributed by atoms with Crippen molar-refractivity contribution in [2.24, 2.45) is 17.6 Å².